The number of carbonyl (C=O) groups is 1. The molecule has 0 saturated carbocycles. The standard InChI is InChI=1S/C7H6N4O3S2/c1-16(13,14)7-3-5(9-2-10-7)15-6(11-3)4(8)12/h2H,1H3,(H2,8,12). The van der Waals surface area contributed by atoms with Gasteiger partial charge in [0, 0.05) is 6.26 Å². The Hall–Kier alpha value is -1.61. The maximum Gasteiger partial charge on any atom is 0.277 e. The molecule has 2 N–H and O–H groups in total. The van der Waals surface area contributed by atoms with Crippen molar-refractivity contribution >= 4 is 37.4 Å². The van der Waals surface area contributed by atoms with Crippen molar-refractivity contribution in [2.24, 2.45) is 5.73 Å². The summed E-state index contributed by atoms with van der Waals surface area (Å²) in [6.07, 6.45) is 2.12. The van der Waals surface area contributed by atoms with Crippen LogP contribution >= 0.6 is 11.3 Å². The number of carbonyl (C=O) groups excluding carboxylic acids is 1. The van der Waals surface area contributed by atoms with Crippen LogP contribution in [0.2, 0.25) is 0 Å². The van der Waals surface area contributed by atoms with Gasteiger partial charge in [-0.25, -0.2) is 23.4 Å². The molecule has 7 nitrogen and oxygen atoms in total. The number of hydrogen-bond donors (Lipinski definition) is 1. The number of aromatic nitrogens is 3. The second-order valence-electron chi connectivity index (χ2n) is 2.99. The van der Waals surface area contributed by atoms with Crippen LogP contribution in [-0.2, 0) is 9.84 Å². The van der Waals surface area contributed by atoms with E-state index in [1.165, 1.54) is 0 Å². The van der Waals surface area contributed by atoms with Crippen molar-refractivity contribution in [1.29, 1.82) is 0 Å². The van der Waals surface area contributed by atoms with Gasteiger partial charge in [0.15, 0.2) is 19.9 Å². The molecule has 0 bridgehead atoms. The number of fused-ring (bicyclic) bond motifs is 1. The fourth-order valence-electron chi connectivity index (χ4n) is 1.11. The van der Waals surface area contributed by atoms with Gasteiger partial charge >= 0.3 is 0 Å². The normalized spacial score (nSPS) is 11.8. The third-order valence-electron chi connectivity index (χ3n) is 1.72. The van der Waals surface area contributed by atoms with Crippen molar-refractivity contribution in [3.63, 3.8) is 0 Å². The van der Waals surface area contributed by atoms with Crippen molar-refractivity contribution in [2.75, 3.05) is 6.26 Å². The van der Waals surface area contributed by atoms with Crippen LogP contribution in [0.4, 0.5) is 0 Å². The molecule has 0 aromatic carbocycles. The minimum atomic E-state index is -3.50. The summed E-state index contributed by atoms with van der Waals surface area (Å²) in [5.41, 5.74) is 5.13. The van der Waals surface area contributed by atoms with Crippen LogP contribution in [0, 0.1) is 0 Å². The summed E-state index contributed by atoms with van der Waals surface area (Å²) in [6.45, 7) is 0. The maximum atomic E-state index is 11.4. The molecule has 0 aliphatic rings. The summed E-state index contributed by atoms with van der Waals surface area (Å²) in [5, 5.41) is -0.179. The van der Waals surface area contributed by atoms with Gasteiger partial charge in [-0.1, -0.05) is 11.3 Å². The fraction of sp³-hybridized carbons (Fsp3) is 0.143. The lowest BCUT2D eigenvalue weighted by Crippen LogP contribution is -2.10. The molecule has 0 radical (unpaired) electrons. The fourth-order valence-corrected chi connectivity index (χ4v) is 2.67. The number of rotatable bonds is 2. The first-order valence-corrected chi connectivity index (χ1v) is 6.72. The summed E-state index contributed by atoms with van der Waals surface area (Å²) < 4.78 is 22.8. The van der Waals surface area contributed by atoms with E-state index in [0.29, 0.717) is 4.83 Å². The van der Waals surface area contributed by atoms with Gasteiger partial charge in [0.25, 0.3) is 5.91 Å². The molecular weight excluding hydrogens is 252 g/mol. The average Bonchev–Trinajstić information content (AvgIpc) is 2.58. The highest BCUT2D eigenvalue weighted by Crippen LogP contribution is 2.23. The third kappa shape index (κ3) is 1.74. The summed E-state index contributed by atoms with van der Waals surface area (Å²) in [5.74, 6) is -0.720. The predicted octanol–water partition coefficient (Wildman–Crippen LogP) is -0.411. The van der Waals surface area contributed by atoms with Crippen molar-refractivity contribution in [1.82, 2.24) is 15.0 Å². The van der Waals surface area contributed by atoms with Crippen molar-refractivity contribution < 1.29 is 13.2 Å². The molecular formula is C7H6N4O3S2. The molecule has 0 atom stereocenters. The lowest BCUT2D eigenvalue weighted by Gasteiger charge is -1.95. The van der Waals surface area contributed by atoms with Gasteiger partial charge in [-0.15, -0.1) is 0 Å². The lowest BCUT2D eigenvalue weighted by atomic mass is 10.6. The van der Waals surface area contributed by atoms with Crippen LogP contribution in [0.3, 0.4) is 0 Å². The molecule has 0 saturated heterocycles. The molecule has 16 heavy (non-hydrogen) atoms. The van der Waals surface area contributed by atoms with Gasteiger partial charge < -0.3 is 5.73 Å². The van der Waals surface area contributed by atoms with E-state index in [4.69, 9.17) is 5.73 Å². The molecule has 2 heterocycles. The van der Waals surface area contributed by atoms with Crippen LogP contribution in [0.5, 0.6) is 0 Å². The monoisotopic (exact) mass is 258 g/mol. The molecule has 9 heteroatoms. The number of sulfone groups is 1. The first-order valence-electron chi connectivity index (χ1n) is 4.01. The number of hydrogen-bond acceptors (Lipinski definition) is 7. The Kier molecular flexibility index (Phi) is 2.35. The van der Waals surface area contributed by atoms with Gasteiger partial charge in [0.05, 0.1) is 0 Å². The Bertz CT molecular complexity index is 676. The predicted molar refractivity (Wildman–Crippen MR) is 56.8 cm³/mol. The van der Waals surface area contributed by atoms with E-state index in [2.05, 4.69) is 15.0 Å². The first-order chi connectivity index (χ1) is 7.39. The number of primary amides is 1. The Morgan fingerprint density at radius 2 is 2.12 bits per heavy atom. The first kappa shape index (κ1) is 10.9. The van der Waals surface area contributed by atoms with E-state index in [-0.39, 0.29) is 15.6 Å². The molecule has 0 unspecified atom stereocenters. The molecule has 1 amide bonds. The van der Waals surface area contributed by atoms with E-state index in [1.807, 2.05) is 0 Å². The van der Waals surface area contributed by atoms with Gasteiger partial charge in [-0.3, -0.25) is 4.79 Å². The highest BCUT2D eigenvalue weighted by molar-refractivity contribution is 7.90. The Morgan fingerprint density at radius 1 is 1.44 bits per heavy atom. The van der Waals surface area contributed by atoms with Gasteiger partial charge in [-0.2, -0.15) is 0 Å². The van der Waals surface area contributed by atoms with Crippen LogP contribution < -0.4 is 5.73 Å². The van der Waals surface area contributed by atoms with Crippen LogP contribution in [0.1, 0.15) is 9.80 Å². The number of amides is 1. The largest absolute Gasteiger partial charge is 0.364 e. The SMILES string of the molecule is CS(=O)(=O)c1ncnc2sc(C(N)=O)nc12. The van der Waals surface area contributed by atoms with E-state index >= 15 is 0 Å². The zero-order valence-corrected chi connectivity index (χ0v) is 9.67. The van der Waals surface area contributed by atoms with Gasteiger partial charge in [-0.05, 0) is 0 Å². The minimum absolute atomic E-state index is 0.0143. The molecule has 0 aliphatic carbocycles. The van der Waals surface area contributed by atoms with E-state index in [1.54, 1.807) is 0 Å². The average molecular weight is 258 g/mol. The Labute approximate surface area is 94.3 Å². The van der Waals surface area contributed by atoms with Gasteiger partial charge in [0.1, 0.15) is 16.7 Å². The quantitative estimate of drug-likeness (QED) is 0.732. The Morgan fingerprint density at radius 3 is 2.69 bits per heavy atom. The minimum Gasteiger partial charge on any atom is -0.364 e. The third-order valence-corrected chi connectivity index (χ3v) is 3.70. The lowest BCUT2D eigenvalue weighted by molar-refractivity contribution is 0.1000. The maximum absolute atomic E-state index is 11.4. The number of nitrogens with zero attached hydrogens (tertiary/aromatic N) is 3. The summed E-state index contributed by atoms with van der Waals surface area (Å²) in [6, 6.07) is 0. The number of thiazole rings is 1. The molecule has 0 fully saturated rings. The summed E-state index contributed by atoms with van der Waals surface area (Å²) >= 11 is 0.934. The Balaban J connectivity index is 2.83. The van der Waals surface area contributed by atoms with Crippen molar-refractivity contribution in [2.45, 2.75) is 5.03 Å². The molecule has 0 spiro atoms. The van der Waals surface area contributed by atoms with E-state index < -0.39 is 15.7 Å². The smallest absolute Gasteiger partial charge is 0.277 e. The second-order valence-corrected chi connectivity index (χ2v) is 5.90. The van der Waals surface area contributed by atoms with Crippen molar-refractivity contribution in [3.05, 3.63) is 11.3 Å². The van der Waals surface area contributed by atoms with E-state index in [9.17, 15) is 13.2 Å². The van der Waals surface area contributed by atoms with Crippen molar-refractivity contribution in [3.8, 4) is 0 Å². The molecule has 0 aliphatic heterocycles. The molecule has 84 valence electrons. The van der Waals surface area contributed by atoms with Crippen LogP contribution in [0.15, 0.2) is 11.4 Å². The van der Waals surface area contributed by atoms with Crippen LogP contribution in [-0.4, -0.2) is 35.5 Å². The highest BCUT2D eigenvalue weighted by atomic mass is 32.2. The zero-order chi connectivity index (χ0) is 11.9. The second kappa shape index (κ2) is 3.46. The van der Waals surface area contributed by atoms with Crippen LogP contribution in [0.25, 0.3) is 10.3 Å². The molecule has 2 aromatic heterocycles. The molecule has 2 rings (SSSR count). The zero-order valence-electron chi connectivity index (χ0n) is 8.04. The van der Waals surface area contributed by atoms with Gasteiger partial charge in [0.2, 0.25) is 0 Å². The highest BCUT2D eigenvalue weighted by Gasteiger charge is 2.19. The summed E-state index contributed by atoms with van der Waals surface area (Å²) in [4.78, 5) is 22.5. The molecule has 2 aromatic rings. The topological polar surface area (TPSA) is 116 Å². The van der Waals surface area contributed by atoms with E-state index in [0.717, 1.165) is 23.9 Å². The summed E-state index contributed by atoms with van der Waals surface area (Å²) in [7, 11) is -3.50. The number of nitrogens with two attached hydrogens (primary N) is 1.